The van der Waals surface area contributed by atoms with E-state index in [1.54, 1.807) is 19.2 Å². The largest absolute Gasteiger partial charge is 0.496 e. The lowest BCUT2D eigenvalue weighted by Gasteiger charge is -2.16. The summed E-state index contributed by atoms with van der Waals surface area (Å²) in [6, 6.07) is 5.54. The van der Waals surface area contributed by atoms with Crippen LogP contribution >= 0.6 is 0 Å². The number of allylic oxidation sites excluding steroid dienone is 2. The molecule has 0 bridgehead atoms. The van der Waals surface area contributed by atoms with Gasteiger partial charge in [-0.1, -0.05) is 11.6 Å². The maximum Gasteiger partial charge on any atom is 0.337 e. The van der Waals surface area contributed by atoms with Gasteiger partial charge in [-0.05, 0) is 64.2 Å². The van der Waals surface area contributed by atoms with Crippen LogP contribution in [0.4, 0.5) is 5.95 Å². The van der Waals surface area contributed by atoms with Crippen LogP contribution in [0.2, 0.25) is 0 Å². The molecule has 33 heavy (non-hydrogen) atoms. The molecule has 0 amide bonds. The molecule has 0 atom stereocenters. The first kappa shape index (κ1) is 22.8. The number of pyridine rings is 1. The molecule has 7 nitrogen and oxygen atoms in total. The molecule has 2 aromatic heterocycles. The second kappa shape index (κ2) is 10.1. The lowest BCUT2D eigenvalue weighted by Crippen LogP contribution is -2.11. The molecule has 174 valence electrons. The molecule has 0 saturated heterocycles. The summed E-state index contributed by atoms with van der Waals surface area (Å²) in [5.74, 6) is 1.27. The minimum atomic E-state index is -0.361. The van der Waals surface area contributed by atoms with Crippen LogP contribution in [-0.4, -0.2) is 34.7 Å². The molecule has 0 fully saturated rings. The standard InChI is InChI=1S/C26H32N4O3/c1-17-15-27-22(18(2)24(17)32-3)16-28-26-29-21-14-20(25(31)33-4)10-11-23(21)30(26)13-12-19-8-6-5-7-9-19/h8,10-11,14-15H,5-7,9,12-13,16H2,1-4H3,(H,28,29). The fourth-order valence-corrected chi connectivity index (χ4v) is 4.54. The van der Waals surface area contributed by atoms with Gasteiger partial charge in [0.15, 0.2) is 0 Å². The number of aromatic nitrogens is 3. The summed E-state index contributed by atoms with van der Waals surface area (Å²) in [6.07, 6.45) is 10.1. The van der Waals surface area contributed by atoms with Gasteiger partial charge >= 0.3 is 5.97 Å². The monoisotopic (exact) mass is 448 g/mol. The van der Waals surface area contributed by atoms with Crippen molar-refractivity contribution in [2.24, 2.45) is 0 Å². The predicted octanol–water partition coefficient (Wildman–Crippen LogP) is 5.35. The van der Waals surface area contributed by atoms with E-state index in [0.29, 0.717) is 12.1 Å². The van der Waals surface area contributed by atoms with Gasteiger partial charge in [-0.3, -0.25) is 4.98 Å². The van der Waals surface area contributed by atoms with Crippen LogP contribution in [-0.2, 0) is 17.8 Å². The third-order valence-corrected chi connectivity index (χ3v) is 6.37. The molecule has 3 aromatic rings. The van der Waals surface area contributed by atoms with E-state index in [-0.39, 0.29) is 5.97 Å². The molecule has 0 spiro atoms. The van der Waals surface area contributed by atoms with Crippen molar-refractivity contribution < 1.29 is 14.3 Å². The number of fused-ring (bicyclic) bond motifs is 1. The molecule has 1 aromatic carbocycles. The number of methoxy groups -OCH3 is 2. The lowest BCUT2D eigenvalue weighted by atomic mass is 9.97. The SMILES string of the molecule is COC(=O)c1ccc2c(c1)nc(NCc1ncc(C)c(OC)c1C)n2CCC1=CCCCC1. The Balaban J connectivity index is 1.64. The fraction of sp³-hybridized carbons (Fsp3) is 0.423. The van der Waals surface area contributed by atoms with Gasteiger partial charge in [0.1, 0.15) is 5.75 Å². The molecule has 2 heterocycles. The van der Waals surface area contributed by atoms with E-state index >= 15 is 0 Å². The van der Waals surface area contributed by atoms with Crippen LogP contribution in [0.3, 0.4) is 0 Å². The summed E-state index contributed by atoms with van der Waals surface area (Å²) in [4.78, 5) is 21.4. The van der Waals surface area contributed by atoms with Crippen LogP contribution < -0.4 is 10.1 Å². The Hall–Kier alpha value is -3.35. The van der Waals surface area contributed by atoms with E-state index in [9.17, 15) is 4.79 Å². The van der Waals surface area contributed by atoms with Gasteiger partial charge in [0.2, 0.25) is 5.95 Å². The zero-order valence-corrected chi connectivity index (χ0v) is 19.9. The highest BCUT2D eigenvalue weighted by Crippen LogP contribution is 2.27. The molecule has 1 aliphatic carbocycles. The highest BCUT2D eigenvalue weighted by molar-refractivity contribution is 5.94. The zero-order chi connectivity index (χ0) is 23.4. The summed E-state index contributed by atoms with van der Waals surface area (Å²) < 4.78 is 12.6. The first-order chi connectivity index (χ1) is 16.0. The molecule has 7 heteroatoms. The van der Waals surface area contributed by atoms with Crippen molar-refractivity contribution in [3.63, 3.8) is 0 Å². The van der Waals surface area contributed by atoms with E-state index in [1.807, 2.05) is 26.1 Å². The topological polar surface area (TPSA) is 78.3 Å². The van der Waals surface area contributed by atoms with E-state index in [0.717, 1.165) is 52.5 Å². The van der Waals surface area contributed by atoms with Gasteiger partial charge in [0.05, 0.1) is 43.1 Å². The highest BCUT2D eigenvalue weighted by Gasteiger charge is 2.16. The maximum atomic E-state index is 12.0. The fourth-order valence-electron chi connectivity index (χ4n) is 4.54. The number of benzene rings is 1. The van der Waals surface area contributed by atoms with Crippen molar-refractivity contribution in [1.82, 2.24) is 14.5 Å². The smallest absolute Gasteiger partial charge is 0.337 e. The summed E-state index contributed by atoms with van der Waals surface area (Å²) in [7, 11) is 3.08. The third-order valence-electron chi connectivity index (χ3n) is 6.37. The van der Waals surface area contributed by atoms with Gasteiger partial charge in [0, 0.05) is 23.9 Å². The summed E-state index contributed by atoms with van der Waals surface area (Å²) in [5, 5.41) is 3.48. The van der Waals surface area contributed by atoms with Gasteiger partial charge < -0.3 is 19.4 Å². The van der Waals surface area contributed by atoms with Crippen LogP contribution in [0.25, 0.3) is 11.0 Å². The number of hydrogen-bond acceptors (Lipinski definition) is 6. The Morgan fingerprint density at radius 2 is 2.06 bits per heavy atom. The average Bonchev–Trinajstić information content (AvgIpc) is 3.19. The number of ether oxygens (including phenoxy) is 2. The van der Waals surface area contributed by atoms with Crippen molar-refractivity contribution in [1.29, 1.82) is 0 Å². The van der Waals surface area contributed by atoms with Crippen LogP contribution in [0.1, 0.15) is 59.3 Å². The quantitative estimate of drug-likeness (QED) is 0.370. The van der Waals surface area contributed by atoms with Gasteiger partial charge in [-0.25, -0.2) is 9.78 Å². The van der Waals surface area contributed by atoms with Crippen molar-refractivity contribution in [2.75, 3.05) is 19.5 Å². The molecule has 0 saturated carbocycles. The Morgan fingerprint density at radius 3 is 2.79 bits per heavy atom. The van der Waals surface area contributed by atoms with Crippen LogP contribution in [0.15, 0.2) is 36.0 Å². The first-order valence-corrected chi connectivity index (χ1v) is 11.5. The lowest BCUT2D eigenvalue weighted by molar-refractivity contribution is 0.0601. The van der Waals surface area contributed by atoms with Crippen LogP contribution in [0.5, 0.6) is 5.75 Å². The number of aryl methyl sites for hydroxylation is 2. The Labute approximate surface area is 194 Å². The summed E-state index contributed by atoms with van der Waals surface area (Å²) in [6.45, 7) is 5.37. The van der Waals surface area contributed by atoms with Gasteiger partial charge in [-0.15, -0.1) is 0 Å². The van der Waals surface area contributed by atoms with Gasteiger partial charge in [-0.2, -0.15) is 0 Å². The molecular weight excluding hydrogens is 416 g/mol. The summed E-state index contributed by atoms with van der Waals surface area (Å²) >= 11 is 0. The predicted molar refractivity (Wildman–Crippen MR) is 130 cm³/mol. The maximum absolute atomic E-state index is 12.0. The van der Waals surface area contributed by atoms with Crippen molar-refractivity contribution >= 4 is 23.0 Å². The zero-order valence-electron chi connectivity index (χ0n) is 19.9. The molecular formula is C26H32N4O3. The number of anilines is 1. The average molecular weight is 449 g/mol. The third kappa shape index (κ3) is 4.87. The van der Waals surface area contributed by atoms with E-state index < -0.39 is 0 Å². The Morgan fingerprint density at radius 1 is 1.21 bits per heavy atom. The molecule has 4 rings (SSSR count). The van der Waals surface area contributed by atoms with Crippen LogP contribution in [0, 0.1) is 13.8 Å². The molecule has 1 N–H and O–H groups in total. The van der Waals surface area contributed by atoms with E-state index in [1.165, 1.54) is 38.4 Å². The van der Waals surface area contributed by atoms with Crippen molar-refractivity contribution in [2.45, 2.75) is 59.0 Å². The molecule has 0 radical (unpaired) electrons. The number of nitrogens with one attached hydrogen (secondary N) is 1. The second-order valence-corrected chi connectivity index (χ2v) is 8.54. The number of imidazole rings is 1. The minimum absolute atomic E-state index is 0.361. The van der Waals surface area contributed by atoms with E-state index in [4.69, 9.17) is 14.5 Å². The Bertz CT molecular complexity index is 1200. The Kier molecular flexibility index (Phi) is 6.96. The summed E-state index contributed by atoms with van der Waals surface area (Å²) in [5.41, 5.74) is 6.73. The number of nitrogens with zero attached hydrogens (tertiary/aromatic N) is 3. The molecule has 0 unspecified atom stereocenters. The van der Waals surface area contributed by atoms with Crippen molar-refractivity contribution in [3.8, 4) is 5.75 Å². The number of esters is 1. The van der Waals surface area contributed by atoms with Crippen molar-refractivity contribution in [3.05, 3.63) is 58.4 Å². The van der Waals surface area contributed by atoms with Gasteiger partial charge in [0.25, 0.3) is 0 Å². The normalized spacial score (nSPS) is 13.6. The molecule has 0 aliphatic heterocycles. The number of hydrogen-bond donors (Lipinski definition) is 1. The number of carbonyl (C=O) groups is 1. The minimum Gasteiger partial charge on any atom is -0.496 e. The van der Waals surface area contributed by atoms with E-state index in [2.05, 4.69) is 20.9 Å². The second-order valence-electron chi connectivity index (χ2n) is 8.54. The highest BCUT2D eigenvalue weighted by atomic mass is 16.5. The number of rotatable bonds is 8. The first-order valence-electron chi connectivity index (χ1n) is 11.5. The number of carbonyl (C=O) groups excluding carboxylic acids is 1. The molecule has 1 aliphatic rings.